The van der Waals surface area contributed by atoms with Gasteiger partial charge in [0.05, 0.1) is 0 Å². The Morgan fingerprint density at radius 3 is 2.62 bits per heavy atom. The Balaban J connectivity index is 2.32. The maximum absolute atomic E-state index is 12.0. The first-order chi connectivity index (χ1) is 7.65. The molecule has 0 radical (unpaired) electrons. The molecule has 1 aliphatic heterocycles. The van der Waals surface area contributed by atoms with E-state index < -0.39 is 0 Å². The van der Waals surface area contributed by atoms with Crippen molar-refractivity contribution in [3.63, 3.8) is 0 Å². The quantitative estimate of drug-likeness (QED) is 0.738. The SMILES string of the molecule is CCCN(C)C(=O)C(C)CN1CCNCC1. The first kappa shape index (κ1) is 13.5. The summed E-state index contributed by atoms with van der Waals surface area (Å²) >= 11 is 0. The lowest BCUT2D eigenvalue weighted by Gasteiger charge is -2.30. The Kier molecular flexibility index (Phi) is 5.77. The largest absolute Gasteiger partial charge is 0.346 e. The summed E-state index contributed by atoms with van der Waals surface area (Å²) in [5.74, 6) is 0.398. The number of nitrogens with zero attached hydrogens (tertiary/aromatic N) is 2. The zero-order valence-electron chi connectivity index (χ0n) is 10.8. The van der Waals surface area contributed by atoms with Gasteiger partial charge in [-0.3, -0.25) is 4.79 Å². The Morgan fingerprint density at radius 1 is 1.44 bits per heavy atom. The van der Waals surface area contributed by atoms with Crippen molar-refractivity contribution in [2.45, 2.75) is 20.3 Å². The van der Waals surface area contributed by atoms with E-state index in [1.807, 2.05) is 18.9 Å². The van der Waals surface area contributed by atoms with Crippen LogP contribution in [0, 0.1) is 5.92 Å². The number of amides is 1. The second-order valence-electron chi connectivity index (χ2n) is 4.71. The van der Waals surface area contributed by atoms with Gasteiger partial charge in [-0.25, -0.2) is 0 Å². The molecule has 1 N–H and O–H groups in total. The van der Waals surface area contributed by atoms with Gasteiger partial charge in [-0.15, -0.1) is 0 Å². The molecule has 1 heterocycles. The summed E-state index contributed by atoms with van der Waals surface area (Å²) in [6, 6.07) is 0. The highest BCUT2D eigenvalue weighted by molar-refractivity contribution is 5.78. The Morgan fingerprint density at radius 2 is 2.06 bits per heavy atom. The fourth-order valence-corrected chi connectivity index (χ4v) is 2.18. The van der Waals surface area contributed by atoms with Gasteiger partial charge < -0.3 is 15.1 Å². The van der Waals surface area contributed by atoms with Crippen LogP contribution in [0.25, 0.3) is 0 Å². The second-order valence-corrected chi connectivity index (χ2v) is 4.71. The number of piperazine rings is 1. The molecule has 0 aromatic heterocycles. The molecule has 1 fully saturated rings. The minimum absolute atomic E-state index is 0.120. The molecule has 0 bridgehead atoms. The molecule has 0 aromatic carbocycles. The summed E-state index contributed by atoms with van der Waals surface area (Å²) < 4.78 is 0. The molecule has 0 aromatic rings. The average Bonchev–Trinajstić information content (AvgIpc) is 2.29. The normalized spacial score (nSPS) is 19.4. The van der Waals surface area contributed by atoms with Gasteiger partial charge in [-0.1, -0.05) is 13.8 Å². The van der Waals surface area contributed by atoms with E-state index in [1.165, 1.54) is 0 Å². The molecule has 0 spiro atoms. The van der Waals surface area contributed by atoms with Gasteiger partial charge in [0.2, 0.25) is 5.91 Å². The highest BCUT2D eigenvalue weighted by Crippen LogP contribution is 2.05. The topological polar surface area (TPSA) is 35.6 Å². The summed E-state index contributed by atoms with van der Waals surface area (Å²) in [5, 5.41) is 3.32. The van der Waals surface area contributed by atoms with Gasteiger partial charge in [0.15, 0.2) is 0 Å². The van der Waals surface area contributed by atoms with Crippen molar-refractivity contribution in [1.29, 1.82) is 0 Å². The van der Waals surface area contributed by atoms with Crippen LogP contribution in [0.5, 0.6) is 0 Å². The highest BCUT2D eigenvalue weighted by atomic mass is 16.2. The highest BCUT2D eigenvalue weighted by Gasteiger charge is 2.20. The molecular formula is C12H25N3O. The van der Waals surface area contributed by atoms with Crippen LogP contribution in [-0.4, -0.2) is 62.0 Å². The lowest BCUT2D eigenvalue weighted by atomic mass is 10.1. The van der Waals surface area contributed by atoms with Crippen molar-refractivity contribution < 1.29 is 4.79 Å². The fraction of sp³-hybridized carbons (Fsp3) is 0.917. The van der Waals surface area contributed by atoms with E-state index in [-0.39, 0.29) is 11.8 Å². The molecular weight excluding hydrogens is 202 g/mol. The lowest BCUT2D eigenvalue weighted by Crippen LogP contribution is -2.47. The number of carbonyl (C=O) groups is 1. The summed E-state index contributed by atoms with van der Waals surface area (Å²) in [5.41, 5.74) is 0. The molecule has 1 aliphatic rings. The summed E-state index contributed by atoms with van der Waals surface area (Å²) in [6.45, 7) is 10.1. The Hall–Kier alpha value is -0.610. The zero-order chi connectivity index (χ0) is 12.0. The van der Waals surface area contributed by atoms with Crippen LogP contribution in [0.1, 0.15) is 20.3 Å². The Labute approximate surface area is 99.0 Å². The first-order valence-corrected chi connectivity index (χ1v) is 6.33. The third-order valence-electron chi connectivity index (χ3n) is 3.10. The molecule has 4 nitrogen and oxygen atoms in total. The number of hydrogen-bond acceptors (Lipinski definition) is 3. The van der Waals surface area contributed by atoms with Crippen molar-refractivity contribution in [3.05, 3.63) is 0 Å². The van der Waals surface area contributed by atoms with Crippen LogP contribution in [0.2, 0.25) is 0 Å². The number of rotatable bonds is 5. The minimum atomic E-state index is 0.120. The van der Waals surface area contributed by atoms with Crippen LogP contribution in [0.15, 0.2) is 0 Å². The predicted molar refractivity (Wildman–Crippen MR) is 66.4 cm³/mol. The molecule has 1 rings (SSSR count). The molecule has 94 valence electrons. The van der Waals surface area contributed by atoms with Crippen molar-refractivity contribution in [2.24, 2.45) is 5.92 Å². The molecule has 4 heteroatoms. The van der Waals surface area contributed by atoms with E-state index in [2.05, 4.69) is 17.1 Å². The van der Waals surface area contributed by atoms with Gasteiger partial charge in [-0.2, -0.15) is 0 Å². The minimum Gasteiger partial charge on any atom is -0.346 e. The van der Waals surface area contributed by atoms with Crippen LogP contribution in [0.3, 0.4) is 0 Å². The molecule has 16 heavy (non-hydrogen) atoms. The van der Waals surface area contributed by atoms with E-state index in [0.29, 0.717) is 0 Å². The van der Waals surface area contributed by atoms with E-state index in [0.717, 1.165) is 45.7 Å². The smallest absolute Gasteiger partial charge is 0.226 e. The van der Waals surface area contributed by atoms with Gasteiger partial charge >= 0.3 is 0 Å². The lowest BCUT2D eigenvalue weighted by molar-refractivity contribution is -0.134. The van der Waals surface area contributed by atoms with E-state index in [1.54, 1.807) is 0 Å². The monoisotopic (exact) mass is 227 g/mol. The third-order valence-corrected chi connectivity index (χ3v) is 3.10. The predicted octanol–water partition coefficient (Wildman–Crippen LogP) is 0.396. The van der Waals surface area contributed by atoms with Gasteiger partial charge in [0, 0.05) is 52.2 Å². The second kappa shape index (κ2) is 6.86. The molecule has 1 unspecified atom stereocenters. The van der Waals surface area contributed by atoms with E-state index in [4.69, 9.17) is 0 Å². The molecule has 0 saturated carbocycles. The van der Waals surface area contributed by atoms with Crippen molar-refractivity contribution >= 4 is 5.91 Å². The van der Waals surface area contributed by atoms with E-state index in [9.17, 15) is 4.79 Å². The zero-order valence-corrected chi connectivity index (χ0v) is 10.8. The fourth-order valence-electron chi connectivity index (χ4n) is 2.18. The molecule has 1 atom stereocenters. The maximum atomic E-state index is 12.0. The van der Waals surface area contributed by atoms with E-state index >= 15 is 0 Å². The van der Waals surface area contributed by atoms with Crippen molar-refractivity contribution in [1.82, 2.24) is 15.1 Å². The van der Waals surface area contributed by atoms with Crippen LogP contribution in [0.4, 0.5) is 0 Å². The number of carbonyl (C=O) groups excluding carboxylic acids is 1. The standard InChI is InChI=1S/C12H25N3O/c1-4-7-14(3)12(16)11(2)10-15-8-5-13-6-9-15/h11,13H,4-10H2,1-3H3. The Bertz CT molecular complexity index is 214. The average molecular weight is 227 g/mol. The van der Waals surface area contributed by atoms with Crippen LogP contribution in [-0.2, 0) is 4.79 Å². The number of nitrogens with one attached hydrogen (secondary N) is 1. The van der Waals surface area contributed by atoms with Gasteiger partial charge in [0.1, 0.15) is 0 Å². The van der Waals surface area contributed by atoms with Crippen molar-refractivity contribution in [2.75, 3.05) is 46.3 Å². The third kappa shape index (κ3) is 4.10. The van der Waals surface area contributed by atoms with Gasteiger partial charge in [-0.05, 0) is 6.42 Å². The first-order valence-electron chi connectivity index (χ1n) is 6.33. The van der Waals surface area contributed by atoms with Crippen LogP contribution < -0.4 is 5.32 Å². The summed E-state index contributed by atoms with van der Waals surface area (Å²) in [4.78, 5) is 16.2. The molecule has 1 saturated heterocycles. The number of hydrogen-bond donors (Lipinski definition) is 1. The van der Waals surface area contributed by atoms with Gasteiger partial charge in [0.25, 0.3) is 0 Å². The van der Waals surface area contributed by atoms with Crippen molar-refractivity contribution in [3.8, 4) is 0 Å². The summed E-state index contributed by atoms with van der Waals surface area (Å²) in [6.07, 6.45) is 1.03. The van der Waals surface area contributed by atoms with Crippen LogP contribution >= 0.6 is 0 Å². The molecule has 1 amide bonds. The summed E-state index contributed by atoms with van der Waals surface area (Å²) in [7, 11) is 1.90. The maximum Gasteiger partial charge on any atom is 0.226 e. The molecule has 0 aliphatic carbocycles.